The van der Waals surface area contributed by atoms with Crippen molar-refractivity contribution in [1.29, 1.82) is 0 Å². The molecule has 0 saturated heterocycles. The molecule has 5 heteroatoms. The number of carbonyl (C=O) groups excluding carboxylic acids is 1. The Bertz CT molecular complexity index is 635. The fraction of sp³-hybridized carbons (Fsp3) is 0.143. The molecule has 1 aromatic heterocycles. The molecular weight excluding hydrogens is 264 g/mol. The molecule has 0 bridgehead atoms. The molecular formula is C14H11ClN2O2. The number of hydrogen-bond donors (Lipinski definition) is 0. The number of aliphatic imine (C=N–C) groups is 1. The summed E-state index contributed by atoms with van der Waals surface area (Å²) in [7, 11) is 0. The number of amides is 1. The van der Waals surface area contributed by atoms with Crippen LogP contribution in [0.2, 0.25) is 5.02 Å². The van der Waals surface area contributed by atoms with E-state index in [1.165, 1.54) is 6.26 Å². The SMILES string of the molecule is O=C(c1ccco1)N1CCN=C1c1cccc(Cl)c1. The van der Waals surface area contributed by atoms with Gasteiger partial charge in [0.1, 0.15) is 5.84 Å². The second-order valence-electron chi connectivity index (χ2n) is 4.15. The highest BCUT2D eigenvalue weighted by atomic mass is 35.5. The van der Waals surface area contributed by atoms with Crippen LogP contribution in [-0.2, 0) is 0 Å². The minimum atomic E-state index is -0.179. The van der Waals surface area contributed by atoms with E-state index in [0.29, 0.717) is 29.7 Å². The van der Waals surface area contributed by atoms with Gasteiger partial charge in [0.2, 0.25) is 0 Å². The summed E-state index contributed by atoms with van der Waals surface area (Å²) in [6.45, 7) is 1.15. The van der Waals surface area contributed by atoms with Gasteiger partial charge in [0, 0.05) is 17.1 Å². The Morgan fingerprint density at radius 3 is 2.95 bits per heavy atom. The Hall–Kier alpha value is -2.07. The number of rotatable bonds is 2. The van der Waals surface area contributed by atoms with Gasteiger partial charge in [-0.2, -0.15) is 0 Å². The number of amidine groups is 1. The lowest BCUT2D eigenvalue weighted by molar-refractivity contribution is 0.0828. The molecule has 3 rings (SSSR count). The number of benzene rings is 1. The van der Waals surface area contributed by atoms with Crippen LogP contribution in [0.3, 0.4) is 0 Å². The molecule has 0 atom stereocenters. The van der Waals surface area contributed by atoms with E-state index in [9.17, 15) is 4.79 Å². The van der Waals surface area contributed by atoms with Crippen LogP contribution in [0.5, 0.6) is 0 Å². The van der Waals surface area contributed by atoms with Crippen molar-refractivity contribution in [3.8, 4) is 0 Å². The van der Waals surface area contributed by atoms with E-state index in [1.807, 2.05) is 12.1 Å². The van der Waals surface area contributed by atoms with E-state index in [4.69, 9.17) is 16.0 Å². The molecule has 0 spiro atoms. The number of carbonyl (C=O) groups is 1. The first-order valence-electron chi connectivity index (χ1n) is 5.91. The fourth-order valence-electron chi connectivity index (χ4n) is 2.05. The van der Waals surface area contributed by atoms with Crippen LogP contribution in [0, 0.1) is 0 Å². The van der Waals surface area contributed by atoms with Gasteiger partial charge in [-0.25, -0.2) is 0 Å². The second-order valence-corrected chi connectivity index (χ2v) is 4.59. The average molecular weight is 275 g/mol. The van der Waals surface area contributed by atoms with Crippen molar-refractivity contribution >= 4 is 23.3 Å². The predicted molar refractivity (Wildman–Crippen MR) is 72.6 cm³/mol. The third-order valence-corrected chi connectivity index (χ3v) is 3.14. The third-order valence-electron chi connectivity index (χ3n) is 2.90. The molecule has 1 aromatic carbocycles. The van der Waals surface area contributed by atoms with Crippen LogP contribution in [0.25, 0.3) is 0 Å². The Morgan fingerprint density at radius 1 is 1.32 bits per heavy atom. The van der Waals surface area contributed by atoms with Crippen molar-refractivity contribution in [1.82, 2.24) is 4.90 Å². The molecule has 0 N–H and O–H groups in total. The fourth-order valence-corrected chi connectivity index (χ4v) is 2.24. The normalized spacial score (nSPS) is 14.6. The first-order chi connectivity index (χ1) is 9.25. The topological polar surface area (TPSA) is 45.8 Å². The first-order valence-corrected chi connectivity index (χ1v) is 6.29. The van der Waals surface area contributed by atoms with Gasteiger partial charge in [0.15, 0.2) is 5.76 Å². The van der Waals surface area contributed by atoms with Gasteiger partial charge < -0.3 is 4.42 Å². The molecule has 1 amide bonds. The molecule has 0 unspecified atom stereocenters. The molecule has 0 saturated carbocycles. The number of nitrogens with zero attached hydrogens (tertiary/aromatic N) is 2. The summed E-state index contributed by atoms with van der Waals surface area (Å²) in [5.41, 5.74) is 0.838. The molecule has 96 valence electrons. The van der Waals surface area contributed by atoms with Crippen molar-refractivity contribution in [2.45, 2.75) is 0 Å². The summed E-state index contributed by atoms with van der Waals surface area (Å²) in [5, 5.41) is 0.623. The second kappa shape index (κ2) is 4.90. The largest absolute Gasteiger partial charge is 0.459 e. The maximum atomic E-state index is 12.3. The minimum Gasteiger partial charge on any atom is -0.459 e. The summed E-state index contributed by atoms with van der Waals surface area (Å²) in [4.78, 5) is 18.3. The van der Waals surface area contributed by atoms with Crippen LogP contribution in [-0.4, -0.2) is 29.7 Å². The molecule has 0 fully saturated rings. The molecule has 2 aromatic rings. The van der Waals surface area contributed by atoms with Gasteiger partial charge in [0.25, 0.3) is 5.91 Å². The molecule has 1 aliphatic rings. The molecule has 0 radical (unpaired) electrons. The van der Waals surface area contributed by atoms with Crippen LogP contribution in [0.1, 0.15) is 16.1 Å². The van der Waals surface area contributed by atoms with Gasteiger partial charge in [-0.15, -0.1) is 0 Å². The number of hydrogen-bond acceptors (Lipinski definition) is 3. The van der Waals surface area contributed by atoms with Crippen LogP contribution in [0.15, 0.2) is 52.1 Å². The molecule has 0 aliphatic carbocycles. The van der Waals surface area contributed by atoms with E-state index >= 15 is 0 Å². The Balaban J connectivity index is 1.92. The maximum Gasteiger partial charge on any atom is 0.295 e. The van der Waals surface area contributed by atoms with Crippen LogP contribution < -0.4 is 0 Å². The predicted octanol–water partition coefficient (Wildman–Crippen LogP) is 2.84. The summed E-state index contributed by atoms with van der Waals surface area (Å²) >= 11 is 5.97. The van der Waals surface area contributed by atoms with Crippen LogP contribution in [0.4, 0.5) is 0 Å². The Labute approximate surface area is 115 Å². The quantitative estimate of drug-likeness (QED) is 0.845. The van der Waals surface area contributed by atoms with E-state index in [1.54, 1.807) is 29.2 Å². The first kappa shape index (κ1) is 12.0. The van der Waals surface area contributed by atoms with Crippen LogP contribution >= 0.6 is 11.6 Å². The van der Waals surface area contributed by atoms with Crippen molar-refractivity contribution < 1.29 is 9.21 Å². The highest BCUT2D eigenvalue weighted by Crippen LogP contribution is 2.18. The van der Waals surface area contributed by atoms with E-state index in [0.717, 1.165) is 5.56 Å². The highest BCUT2D eigenvalue weighted by molar-refractivity contribution is 6.31. The molecule has 19 heavy (non-hydrogen) atoms. The zero-order chi connectivity index (χ0) is 13.2. The third kappa shape index (κ3) is 2.27. The van der Waals surface area contributed by atoms with Gasteiger partial charge in [-0.1, -0.05) is 23.7 Å². The Kier molecular flexibility index (Phi) is 3.09. The standard InChI is InChI=1S/C14H11ClN2O2/c15-11-4-1-3-10(9-11)13-16-6-7-17(13)14(18)12-5-2-8-19-12/h1-5,8-9H,6-7H2. The van der Waals surface area contributed by atoms with Crippen molar-refractivity contribution in [3.63, 3.8) is 0 Å². The lowest BCUT2D eigenvalue weighted by atomic mass is 10.2. The zero-order valence-corrected chi connectivity index (χ0v) is 10.8. The van der Waals surface area contributed by atoms with Gasteiger partial charge in [0.05, 0.1) is 12.8 Å². The molecule has 1 aliphatic heterocycles. The van der Waals surface area contributed by atoms with Crippen molar-refractivity contribution in [3.05, 3.63) is 59.0 Å². The highest BCUT2D eigenvalue weighted by Gasteiger charge is 2.27. The van der Waals surface area contributed by atoms with Gasteiger partial charge in [-0.05, 0) is 24.3 Å². The zero-order valence-electron chi connectivity index (χ0n) is 10.0. The maximum absolute atomic E-state index is 12.3. The van der Waals surface area contributed by atoms with Gasteiger partial charge >= 0.3 is 0 Å². The van der Waals surface area contributed by atoms with E-state index < -0.39 is 0 Å². The summed E-state index contributed by atoms with van der Waals surface area (Å²) in [6, 6.07) is 10.7. The van der Waals surface area contributed by atoms with Gasteiger partial charge in [-0.3, -0.25) is 14.7 Å². The van der Waals surface area contributed by atoms with Crippen molar-refractivity contribution in [2.75, 3.05) is 13.1 Å². The lowest BCUT2D eigenvalue weighted by Crippen LogP contribution is -2.34. The summed E-state index contributed by atoms with van der Waals surface area (Å²) in [5.74, 6) is 0.779. The Morgan fingerprint density at radius 2 is 2.21 bits per heavy atom. The average Bonchev–Trinajstić information content (AvgIpc) is 3.09. The summed E-state index contributed by atoms with van der Waals surface area (Å²) in [6.07, 6.45) is 1.49. The van der Waals surface area contributed by atoms with E-state index in [2.05, 4.69) is 4.99 Å². The molecule has 2 heterocycles. The van der Waals surface area contributed by atoms with Crippen molar-refractivity contribution in [2.24, 2.45) is 4.99 Å². The molecule has 4 nitrogen and oxygen atoms in total. The number of halogens is 1. The summed E-state index contributed by atoms with van der Waals surface area (Å²) < 4.78 is 5.14. The lowest BCUT2D eigenvalue weighted by Gasteiger charge is -2.17. The van der Waals surface area contributed by atoms with E-state index in [-0.39, 0.29) is 5.91 Å². The smallest absolute Gasteiger partial charge is 0.295 e. The minimum absolute atomic E-state index is 0.179. The monoisotopic (exact) mass is 274 g/mol. The number of furan rings is 1.